The van der Waals surface area contributed by atoms with Crippen molar-refractivity contribution >= 4 is 24.2 Å². The molecule has 36 heavy (non-hydrogen) atoms. The zero-order valence-electron chi connectivity index (χ0n) is 23.1. The van der Waals surface area contributed by atoms with Gasteiger partial charge in [-0.15, -0.1) is 0 Å². The third-order valence-electron chi connectivity index (χ3n) is 11.4. The summed E-state index contributed by atoms with van der Waals surface area (Å²) in [6.07, 6.45) is 18.4. The maximum atomic E-state index is 13.2. The monoisotopic (exact) mass is 525 g/mol. The van der Waals surface area contributed by atoms with E-state index in [0.717, 1.165) is 35.5 Å². The third kappa shape index (κ3) is 4.03. The van der Waals surface area contributed by atoms with Gasteiger partial charge in [0.15, 0.2) is 0 Å². The Labute approximate surface area is 223 Å². The maximum absolute atomic E-state index is 13.2. The average molecular weight is 526 g/mol. The van der Waals surface area contributed by atoms with Crippen molar-refractivity contribution in [3.8, 4) is 0 Å². The molecule has 0 spiro atoms. The van der Waals surface area contributed by atoms with Crippen molar-refractivity contribution in [2.24, 2.45) is 35.5 Å². The van der Waals surface area contributed by atoms with E-state index in [4.69, 9.17) is 0 Å². The normalized spacial score (nSPS) is 45.1. The van der Waals surface area contributed by atoms with E-state index in [0.29, 0.717) is 10.3 Å². The van der Waals surface area contributed by atoms with Crippen LogP contribution in [0.5, 0.6) is 0 Å². The lowest BCUT2D eigenvalue weighted by molar-refractivity contribution is 0.0195. The second kappa shape index (κ2) is 8.63. The maximum Gasteiger partial charge on any atom is 0.0975 e. The van der Waals surface area contributed by atoms with E-state index in [1.807, 2.05) is 0 Å². The molecule has 198 valence electrons. The fourth-order valence-corrected chi connectivity index (χ4v) is 17.4. The van der Waals surface area contributed by atoms with Crippen LogP contribution in [-0.4, -0.2) is 19.3 Å². The molecule has 1 N–H and O–H groups in total. The summed E-state index contributed by atoms with van der Waals surface area (Å²) in [5, 5.41) is 2.88. The first-order valence-electron chi connectivity index (χ1n) is 15.2. The highest BCUT2D eigenvalue weighted by Crippen LogP contribution is 2.78. The number of nitrogens with one attached hydrogen (secondary N) is 1. The molecule has 8 fully saturated rings. The molecule has 0 aromatic heterocycles. The topological polar surface area (TPSA) is 29.1 Å². The molecule has 2 atom stereocenters. The molecule has 8 aliphatic carbocycles. The first-order valence-corrected chi connectivity index (χ1v) is 17.7. The molecule has 1 aromatic rings. The lowest BCUT2D eigenvalue weighted by Gasteiger charge is -2.67. The molecule has 8 aliphatic rings. The standard InChI is InChI=1S/C32H48NOPS/c1-21(33-36(34)30(2,3)4)28-7-5-6-8-29(28)35(31-15-22-9-23(16-31)11-24(10-22)17-31)32-18-25-12-26(19-32)14-27(13-25)20-32/h5-8,21-27,33H,9-20H2,1-4H3/t21-,22?,23?,24?,25?,26?,27?,31?,32?,35?,36+/m0/s1. The average Bonchev–Trinajstić information content (AvgIpc) is 2.76. The summed E-state index contributed by atoms with van der Waals surface area (Å²) in [6, 6.07) is 9.71. The zero-order valence-corrected chi connectivity index (χ0v) is 24.8. The molecule has 9 rings (SSSR count). The predicted octanol–water partition coefficient (Wildman–Crippen LogP) is 7.84. The summed E-state index contributed by atoms with van der Waals surface area (Å²) in [7, 11) is -1.30. The molecule has 1 aromatic carbocycles. The molecule has 0 heterocycles. The number of benzene rings is 1. The van der Waals surface area contributed by atoms with Crippen LogP contribution >= 0.6 is 7.92 Å². The van der Waals surface area contributed by atoms with Crippen molar-refractivity contribution in [2.45, 2.75) is 126 Å². The Morgan fingerprint density at radius 3 is 1.56 bits per heavy atom. The van der Waals surface area contributed by atoms with E-state index in [9.17, 15) is 4.21 Å². The van der Waals surface area contributed by atoms with Crippen LogP contribution in [0.25, 0.3) is 0 Å². The first kappa shape index (κ1) is 24.8. The van der Waals surface area contributed by atoms with Gasteiger partial charge in [-0.25, -0.2) is 8.93 Å². The Bertz CT molecular complexity index is 928. The van der Waals surface area contributed by atoms with Gasteiger partial charge in [-0.05, 0) is 161 Å². The van der Waals surface area contributed by atoms with Gasteiger partial charge in [-0.3, -0.25) is 0 Å². The molecule has 8 bridgehead atoms. The van der Waals surface area contributed by atoms with E-state index >= 15 is 0 Å². The molecular weight excluding hydrogens is 477 g/mol. The van der Waals surface area contributed by atoms with Gasteiger partial charge in [0.25, 0.3) is 0 Å². The van der Waals surface area contributed by atoms with Crippen molar-refractivity contribution in [3.05, 3.63) is 29.8 Å². The van der Waals surface area contributed by atoms with Crippen molar-refractivity contribution in [2.75, 3.05) is 0 Å². The molecule has 2 nitrogen and oxygen atoms in total. The van der Waals surface area contributed by atoms with Gasteiger partial charge in [0.05, 0.1) is 15.7 Å². The van der Waals surface area contributed by atoms with Crippen molar-refractivity contribution in [3.63, 3.8) is 0 Å². The van der Waals surface area contributed by atoms with E-state index in [2.05, 4.69) is 56.7 Å². The third-order valence-corrected chi connectivity index (χ3v) is 17.0. The number of hydrogen-bond acceptors (Lipinski definition) is 1. The smallest absolute Gasteiger partial charge is 0.0975 e. The van der Waals surface area contributed by atoms with E-state index in [-0.39, 0.29) is 18.7 Å². The van der Waals surface area contributed by atoms with Gasteiger partial charge in [0, 0.05) is 6.04 Å². The minimum absolute atomic E-state index is 0.133. The van der Waals surface area contributed by atoms with Gasteiger partial charge < -0.3 is 0 Å². The Hall–Kier alpha value is -0.240. The van der Waals surface area contributed by atoms with E-state index in [1.165, 1.54) is 82.6 Å². The molecule has 0 aliphatic heterocycles. The van der Waals surface area contributed by atoms with Crippen LogP contribution in [0.15, 0.2) is 24.3 Å². The summed E-state index contributed by atoms with van der Waals surface area (Å²) in [5.41, 5.74) is 1.48. The minimum Gasteiger partial charge on any atom is -0.242 e. The fourth-order valence-electron chi connectivity index (χ4n) is 11.1. The van der Waals surface area contributed by atoms with Crippen molar-refractivity contribution in [1.29, 1.82) is 0 Å². The predicted molar refractivity (Wildman–Crippen MR) is 154 cm³/mol. The van der Waals surface area contributed by atoms with Crippen LogP contribution in [0, 0.1) is 35.5 Å². The lowest BCUT2D eigenvalue weighted by atomic mass is 9.55. The first-order chi connectivity index (χ1) is 17.1. The molecule has 4 heteroatoms. The highest BCUT2D eigenvalue weighted by atomic mass is 32.2. The Morgan fingerprint density at radius 2 is 1.17 bits per heavy atom. The molecule has 0 amide bonds. The van der Waals surface area contributed by atoms with Gasteiger partial charge in [-0.1, -0.05) is 32.2 Å². The zero-order chi connectivity index (χ0) is 24.9. The molecule has 0 radical (unpaired) electrons. The highest BCUT2D eigenvalue weighted by Gasteiger charge is 2.63. The van der Waals surface area contributed by atoms with Crippen LogP contribution in [0.2, 0.25) is 0 Å². The van der Waals surface area contributed by atoms with E-state index < -0.39 is 11.0 Å². The summed E-state index contributed by atoms with van der Waals surface area (Å²) in [5.74, 6) is 6.03. The van der Waals surface area contributed by atoms with Crippen molar-refractivity contribution < 1.29 is 4.21 Å². The van der Waals surface area contributed by atoms with Crippen LogP contribution in [-0.2, 0) is 11.0 Å². The fraction of sp³-hybridized carbons (Fsp3) is 0.812. The number of rotatable bonds is 6. The molecular formula is C32H48NOPS. The van der Waals surface area contributed by atoms with Crippen LogP contribution in [0.3, 0.4) is 0 Å². The second-order valence-corrected chi connectivity index (χ2v) is 20.4. The molecule has 0 saturated heterocycles. The van der Waals surface area contributed by atoms with Crippen molar-refractivity contribution in [1.82, 2.24) is 4.72 Å². The molecule has 0 unspecified atom stereocenters. The van der Waals surface area contributed by atoms with Gasteiger partial charge >= 0.3 is 0 Å². The summed E-state index contributed by atoms with van der Waals surface area (Å²) >= 11 is 0. The van der Waals surface area contributed by atoms with Crippen LogP contribution in [0.4, 0.5) is 0 Å². The summed E-state index contributed by atoms with van der Waals surface area (Å²) in [4.78, 5) is 0. The largest absolute Gasteiger partial charge is 0.242 e. The second-order valence-electron chi connectivity index (χ2n) is 15.4. The minimum atomic E-state index is -1.05. The quantitative estimate of drug-likeness (QED) is 0.377. The Kier molecular flexibility index (Phi) is 5.94. The summed E-state index contributed by atoms with van der Waals surface area (Å²) in [6.45, 7) is 8.56. The van der Waals surface area contributed by atoms with Crippen LogP contribution < -0.4 is 10.0 Å². The van der Waals surface area contributed by atoms with Gasteiger partial charge in [0.1, 0.15) is 0 Å². The van der Waals surface area contributed by atoms with Gasteiger partial charge in [-0.2, -0.15) is 0 Å². The Balaban J connectivity index is 1.34. The number of hydrogen-bond donors (Lipinski definition) is 1. The SMILES string of the molecule is C[C@H](N[S@](=O)C(C)(C)C)c1ccccc1P(C12CC3CC(CC(C3)C1)C2)C12CC3CC(CC(C3)C1)C2. The molecule has 8 saturated carbocycles. The summed E-state index contributed by atoms with van der Waals surface area (Å²) < 4.78 is 16.5. The highest BCUT2D eigenvalue weighted by molar-refractivity contribution is 7.84. The van der Waals surface area contributed by atoms with Crippen LogP contribution in [0.1, 0.15) is 116 Å². The van der Waals surface area contributed by atoms with Gasteiger partial charge in [0.2, 0.25) is 0 Å². The van der Waals surface area contributed by atoms with E-state index in [1.54, 1.807) is 5.30 Å². The Morgan fingerprint density at radius 1 is 0.778 bits per heavy atom. The lowest BCUT2D eigenvalue weighted by Crippen LogP contribution is -2.58.